The molecule has 0 spiro atoms. The molecule has 0 saturated carbocycles. The molecule has 2 atom stereocenters. The van der Waals surface area contributed by atoms with Crippen LogP contribution in [0.4, 0.5) is 0 Å². The van der Waals surface area contributed by atoms with Gasteiger partial charge >= 0.3 is 5.97 Å². The van der Waals surface area contributed by atoms with E-state index in [2.05, 4.69) is 37.4 Å². The Hall–Kier alpha value is -0.960. The van der Waals surface area contributed by atoms with Crippen molar-refractivity contribution < 1.29 is 9.53 Å². The van der Waals surface area contributed by atoms with E-state index in [-0.39, 0.29) is 18.0 Å². The van der Waals surface area contributed by atoms with Gasteiger partial charge in [0.05, 0.1) is 0 Å². The maximum atomic E-state index is 10.9. The number of hydrogen-bond acceptors (Lipinski definition) is 3. The van der Waals surface area contributed by atoms with Crippen LogP contribution in [0.3, 0.4) is 0 Å². The Morgan fingerprint density at radius 3 is 2.25 bits per heavy atom. The average molecular weight is 238 g/mol. The normalized spacial score (nSPS) is 14.2. The quantitative estimate of drug-likeness (QED) is 0.593. The zero-order valence-corrected chi connectivity index (χ0v) is 11.0. The number of rotatable bonds is 4. The molecule has 16 heavy (non-hydrogen) atoms. The van der Waals surface area contributed by atoms with Crippen LogP contribution >= 0.6 is 11.8 Å². The van der Waals surface area contributed by atoms with E-state index in [1.54, 1.807) is 11.8 Å². The lowest BCUT2D eigenvalue weighted by atomic mass is 9.96. The van der Waals surface area contributed by atoms with Crippen LogP contribution in [0.5, 0.6) is 0 Å². The molecule has 2 nitrogen and oxygen atoms in total. The molecule has 0 N–H and O–H groups in total. The summed E-state index contributed by atoms with van der Waals surface area (Å²) in [6.45, 7) is 5.44. The Labute approximate surface area is 101 Å². The highest BCUT2D eigenvalue weighted by atomic mass is 32.2. The number of benzene rings is 1. The molecular formula is C13H18O2S. The minimum atomic E-state index is -0.222. The monoisotopic (exact) mass is 238 g/mol. The number of esters is 1. The zero-order valence-electron chi connectivity index (χ0n) is 10.2. The van der Waals surface area contributed by atoms with Crippen LogP contribution in [0.2, 0.25) is 0 Å². The maximum Gasteiger partial charge on any atom is 0.302 e. The third-order valence-electron chi connectivity index (χ3n) is 2.70. The van der Waals surface area contributed by atoms with Gasteiger partial charge in [-0.25, -0.2) is 0 Å². The molecule has 0 aliphatic carbocycles. The molecule has 0 unspecified atom stereocenters. The number of hydrogen-bond donors (Lipinski definition) is 0. The fourth-order valence-electron chi connectivity index (χ4n) is 1.54. The van der Waals surface area contributed by atoms with E-state index < -0.39 is 0 Å². The van der Waals surface area contributed by atoms with Crippen molar-refractivity contribution in [2.75, 3.05) is 6.26 Å². The van der Waals surface area contributed by atoms with Gasteiger partial charge in [-0.15, -0.1) is 11.8 Å². The van der Waals surface area contributed by atoms with Crippen LogP contribution in [0, 0.1) is 0 Å². The van der Waals surface area contributed by atoms with E-state index in [4.69, 9.17) is 4.74 Å². The van der Waals surface area contributed by atoms with Crippen LogP contribution in [-0.4, -0.2) is 18.3 Å². The standard InChI is InChI=1S/C13H18O2S/c1-9(10(2)15-11(3)14)12-5-7-13(16-4)8-6-12/h5-10H,1-4H3/t9-,10-/m1/s1. The predicted molar refractivity (Wildman–Crippen MR) is 67.9 cm³/mol. The minimum Gasteiger partial charge on any atom is -0.462 e. The zero-order chi connectivity index (χ0) is 12.1. The summed E-state index contributed by atoms with van der Waals surface area (Å²) in [6.07, 6.45) is 1.97. The Kier molecular flexibility index (Phi) is 4.87. The molecule has 88 valence electrons. The van der Waals surface area contributed by atoms with E-state index >= 15 is 0 Å². The molecule has 0 saturated heterocycles. The Balaban J connectivity index is 2.71. The third kappa shape index (κ3) is 3.56. The number of ether oxygens (including phenoxy) is 1. The van der Waals surface area contributed by atoms with Crippen molar-refractivity contribution in [1.29, 1.82) is 0 Å². The lowest BCUT2D eigenvalue weighted by Gasteiger charge is -2.20. The van der Waals surface area contributed by atoms with Crippen LogP contribution in [-0.2, 0) is 9.53 Å². The largest absolute Gasteiger partial charge is 0.462 e. The van der Waals surface area contributed by atoms with Crippen LogP contribution in [0.1, 0.15) is 32.3 Å². The second kappa shape index (κ2) is 5.94. The van der Waals surface area contributed by atoms with E-state index in [9.17, 15) is 4.79 Å². The molecule has 3 heteroatoms. The summed E-state index contributed by atoms with van der Waals surface area (Å²) in [5.74, 6) is -0.000102. The number of thioether (sulfide) groups is 1. The summed E-state index contributed by atoms with van der Waals surface area (Å²) in [5, 5.41) is 0. The van der Waals surface area contributed by atoms with Crippen LogP contribution < -0.4 is 0 Å². The van der Waals surface area contributed by atoms with Crippen LogP contribution in [0.15, 0.2) is 29.2 Å². The first kappa shape index (κ1) is 13.1. The molecule has 1 rings (SSSR count). The van der Waals surface area contributed by atoms with Gasteiger partial charge in [0.2, 0.25) is 0 Å². The average Bonchev–Trinajstić information content (AvgIpc) is 2.27. The summed E-state index contributed by atoms with van der Waals surface area (Å²) in [6, 6.07) is 8.38. The van der Waals surface area contributed by atoms with E-state index in [1.165, 1.54) is 17.4 Å². The molecule has 0 aliphatic heterocycles. The fraction of sp³-hybridized carbons (Fsp3) is 0.462. The van der Waals surface area contributed by atoms with Gasteiger partial charge in [0.25, 0.3) is 0 Å². The molecule has 0 bridgehead atoms. The lowest BCUT2D eigenvalue weighted by Crippen LogP contribution is -2.19. The van der Waals surface area contributed by atoms with Gasteiger partial charge in [0.1, 0.15) is 6.10 Å². The highest BCUT2D eigenvalue weighted by Gasteiger charge is 2.16. The Morgan fingerprint density at radius 2 is 1.81 bits per heavy atom. The second-order valence-electron chi connectivity index (χ2n) is 3.88. The Bertz CT molecular complexity index is 345. The van der Waals surface area contributed by atoms with Gasteiger partial charge in [-0.1, -0.05) is 19.1 Å². The highest BCUT2D eigenvalue weighted by Crippen LogP contribution is 2.24. The van der Waals surface area contributed by atoms with Crippen molar-refractivity contribution in [3.8, 4) is 0 Å². The van der Waals surface area contributed by atoms with E-state index in [0.717, 1.165) is 0 Å². The van der Waals surface area contributed by atoms with Crippen molar-refractivity contribution in [2.24, 2.45) is 0 Å². The first-order valence-corrected chi connectivity index (χ1v) is 6.58. The molecule has 0 aromatic heterocycles. The van der Waals surface area contributed by atoms with Gasteiger partial charge < -0.3 is 4.74 Å². The van der Waals surface area contributed by atoms with Gasteiger partial charge in [-0.05, 0) is 30.9 Å². The maximum absolute atomic E-state index is 10.9. The topological polar surface area (TPSA) is 26.3 Å². The molecule has 0 aliphatic rings. The number of carbonyl (C=O) groups excluding carboxylic acids is 1. The van der Waals surface area contributed by atoms with Gasteiger partial charge in [0, 0.05) is 17.7 Å². The molecule has 0 radical (unpaired) electrons. The molecular weight excluding hydrogens is 220 g/mol. The highest BCUT2D eigenvalue weighted by molar-refractivity contribution is 7.98. The smallest absolute Gasteiger partial charge is 0.302 e. The number of carbonyl (C=O) groups is 1. The summed E-state index contributed by atoms with van der Waals surface area (Å²) < 4.78 is 5.18. The van der Waals surface area contributed by atoms with Crippen molar-refractivity contribution in [3.05, 3.63) is 29.8 Å². The van der Waals surface area contributed by atoms with Crippen LogP contribution in [0.25, 0.3) is 0 Å². The van der Waals surface area contributed by atoms with Crippen molar-refractivity contribution in [2.45, 2.75) is 37.7 Å². The predicted octanol–water partition coefficient (Wildman–Crippen LogP) is 3.46. The summed E-state index contributed by atoms with van der Waals surface area (Å²) >= 11 is 1.72. The van der Waals surface area contributed by atoms with Crippen molar-refractivity contribution in [3.63, 3.8) is 0 Å². The first-order chi connectivity index (χ1) is 7.54. The summed E-state index contributed by atoms with van der Waals surface area (Å²) in [7, 11) is 0. The molecule has 0 heterocycles. The molecule has 1 aromatic rings. The van der Waals surface area contributed by atoms with Gasteiger partial charge in [-0.3, -0.25) is 4.79 Å². The second-order valence-corrected chi connectivity index (χ2v) is 4.76. The lowest BCUT2D eigenvalue weighted by molar-refractivity contribution is -0.146. The summed E-state index contributed by atoms with van der Waals surface area (Å²) in [4.78, 5) is 12.1. The van der Waals surface area contributed by atoms with Gasteiger partial charge in [0.15, 0.2) is 0 Å². The van der Waals surface area contributed by atoms with E-state index in [1.807, 2.05) is 6.92 Å². The first-order valence-electron chi connectivity index (χ1n) is 5.35. The molecule has 0 fully saturated rings. The Morgan fingerprint density at radius 1 is 1.25 bits per heavy atom. The van der Waals surface area contributed by atoms with Crippen molar-refractivity contribution in [1.82, 2.24) is 0 Å². The minimum absolute atomic E-state index is 0.0855. The molecule has 1 aromatic carbocycles. The van der Waals surface area contributed by atoms with Gasteiger partial charge in [-0.2, -0.15) is 0 Å². The molecule has 0 amide bonds. The summed E-state index contributed by atoms with van der Waals surface area (Å²) in [5.41, 5.74) is 1.20. The van der Waals surface area contributed by atoms with E-state index in [0.29, 0.717) is 0 Å². The SMILES string of the molecule is CSc1ccc([C@H](C)[C@@H](C)OC(C)=O)cc1. The third-order valence-corrected chi connectivity index (χ3v) is 3.44. The fourth-order valence-corrected chi connectivity index (χ4v) is 1.95. The van der Waals surface area contributed by atoms with Crippen molar-refractivity contribution >= 4 is 17.7 Å².